The largest absolute Gasteiger partial charge is 0.457 e. The Hall–Kier alpha value is -3.53. The van der Waals surface area contributed by atoms with Crippen molar-refractivity contribution in [1.82, 2.24) is 10.3 Å². The van der Waals surface area contributed by atoms with Crippen molar-refractivity contribution in [2.45, 2.75) is 32.2 Å². The van der Waals surface area contributed by atoms with Crippen molar-refractivity contribution in [3.05, 3.63) is 96.2 Å². The van der Waals surface area contributed by atoms with E-state index in [1.807, 2.05) is 80.7 Å². The molecular weight excluding hydrogens is 372 g/mol. The van der Waals surface area contributed by atoms with Gasteiger partial charge in [0.25, 0.3) is 0 Å². The van der Waals surface area contributed by atoms with Crippen LogP contribution in [0.1, 0.15) is 37.3 Å². The fourth-order valence-electron chi connectivity index (χ4n) is 3.78. The van der Waals surface area contributed by atoms with Crippen LogP contribution < -0.4 is 10.1 Å². The van der Waals surface area contributed by atoms with Crippen molar-refractivity contribution in [3.8, 4) is 11.5 Å². The molecule has 0 spiro atoms. The monoisotopic (exact) mass is 398 g/mol. The number of hydrogen-bond acceptors (Lipinski definition) is 2. The van der Waals surface area contributed by atoms with Gasteiger partial charge in [0.15, 0.2) is 0 Å². The van der Waals surface area contributed by atoms with Gasteiger partial charge >= 0.3 is 0 Å². The first kappa shape index (κ1) is 19.8. The molecule has 0 aliphatic rings. The van der Waals surface area contributed by atoms with Gasteiger partial charge in [-0.05, 0) is 55.3 Å². The molecule has 2 N–H and O–H groups in total. The average molecular weight is 399 g/mol. The SMILES string of the molecule is CC(C)NC(=O)CC(c1cccc(Oc2ccccc2)c1)c1c[nH]c2ccccc12. The van der Waals surface area contributed by atoms with E-state index in [4.69, 9.17) is 4.74 Å². The third kappa shape index (κ3) is 4.54. The number of rotatable bonds is 7. The molecule has 0 bridgehead atoms. The summed E-state index contributed by atoms with van der Waals surface area (Å²) in [6, 6.07) is 26.0. The Bertz CT molecular complexity index is 1130. The van der Waals surface area contributed by atoms with Gasteiger partial charge in [-0.15, -0.1) is 0 Å². The van der Waals surface area contributed by atoms with E-state index in [0.29, 0.717) is 6.42 Å². The Morgan fingerprint density at radius 2 is 1.67 bits per heavy atom. The maximum absolute atomic E-state index is 12.7. The minimum absolute atomic E-state index is 0.0367. The quantitative estimate of drug-likeness (QED) is 0.401. The predicted molar refractivity (Wildman–Crippen MR) is 121 cm³/mol. The van der Waals surface area contributed by atoms with Crippen molar-refractivity contribution in [2.75, 3.05) is 0 Å². The highest BCUT2D eigenvalue weighted by Crippen LogP contribution is 2.35. The number of hydrogen-bond donors (Lipinski definition) is 2. The Morgan fingerprint density at radius 1 is 0.933 bits per heavy atom. The number of nitrogens with one attached hydrogen (secondary N) is 2. The molecule has 4 rings (SSSR count). The van der Waals surface area contributed by atoms with Crippen LogP contribution in [0, 0.1) is 0 Å². The van der Waals surface area contributed by atoms with Gasteiger partial charge in [0.2, 0.25) is 5.91 Å². The number of amides is 1. The summed E-state index contributed by atoms with van der Waals surface area (Å²) in [5.41, 5.74) is 3.23. The maximum atomic E-state index is 12.7. The lowest BCUT2D eigenvalue weighted by Gasteiger charge is -2.19. The first-order valence-corrected chi connectivity index (χ1v) is 10.3. The molecular formula is C26H26N2O2. The number of benzene rings is 3. The first-order valence-electron chi connectivity index (χ1n) is 10.3. The number of aromatic nitrogens is 1. The van der Waals surface area contributed by atoms with Crippen molar-refractivity contribution < 1.29 is 9.53 Å². The number of carbonyl (C=O) groups excluding carboxylic acids is 1. The standard InChI is InChI=1S/C26H26N2O2/c1-18(2)28-26(29)16-23(24-17-27-25-14-7-6-13-22(24)25)19-9-8-12-21(15-19)30-20-10-4-3-5-11-20/h3-15,17-18,23,27H,16H2,1-2H3,(H,28,29). The molecule has 1 amide bonds. The Balaban J connectivity index is 1.70. The van der Waals surface area contributed by atoms with Gasteiger partial charge in [-0.2, -0.15) is 0 Å². The molecule has 3 aromatic carbocycles. The third-order valence-corrected chi connectivity index (χ3v) is 5.08. The first-order chi connectivity index (χ1) is 14.6. The molecule has 1 heterocycles. The van der Waals surface area contributed by atoms with Crippen LogP contribution in [-0.2, 0) is 4.79 Å². The topological polar surface area (TPSA) is 54.1 Å². The van der Waals surface area contributed by atoms with Gasteiger partial charge in [0.05, 0.1) is 0 Å². The van der Waals surface area contributed by atoms with E-state index in [1.54, 1.807) is 0 Å². The molecule has 1 atom stereocenters. The second kappa shape index (κ2) is 8.87. The van der Waals surface area contributed by atoms with E-state index in [0.717, 1.165) is 33.5 Å². The number of H-pyrrole nitrogens is 1. The van der Waals surface area contributed by atoms with E-state index in [2.05, 4.69) is 28.5 Å². The molecule has 0 saturated heterocycles. The minimum atomic E-state index is -0.0841. The van der Waals surface area contributed by atoms with Crippen LogP contribution >= 0.6 is 0 Å². The normalized spacial score (nSPS) is 12.1. The molecule has 30 heavy (non-hydrogen) atoms. The lowest BCUT2D eigenvalue weighted by molar-refractivity contribution is -0.121. The summed E-state index contributed by atoms with van der Waals surface area (Å²) in [6.07, 6.45) is 2.39. The lowest BCUT2D eigenvalue weighted by Crippen LogP contribution is -2.31. The van der Waals surface area contributed by atoms with Gasteiger partial charge in [0, 0.05) is 35.5 Å². The van der Waals surface area contributed by atoms with Gasteiger partial charge in [-0.1, -0.05) is 48.5 Å². The molecule has 0 aliphatic heterocycles. The average Bonchev–Trinajstić information content (AvgIpc) is 3.16. The molecule has 4 nitrogen and oxygen atoms in total. The van der Waals surface area contributed by atoms with Gasteiger partial charge in [-0.3, -0.25) is 4.79 Å². The highest BCUT2D eigenvalue weighted by molar-refractivity contribution is 5.86. The zero-order valence-corrected chi connectivity index (χ0v) is 17.3. The highest BCUT2D eigenvalue weighted by Gasteiger charge is 2.22. The van der Waals surface area contributed by atoms with Crippen LogP contribution in [0.4, 0.5) is 0 Å². The molecule has 4 heteroatoms. The number of para-hydroxylation sites is 2. The number of ether oxygens (including phenoxy) is 1. The van der Waals surface area contributed by atoms with Crippen molar-refractivity contribution in [3.63, 3.8) is 0 Å². The summed E-state index contributed by atoms with van der Waals surface area (Å²) < 4.78 is 6.04. The number of carbonyl (C=O) groups is 1. The summed E-state index contributed by atoms with van der Waals surface area (Å²) in [5, 5.41) is 4.16. The number of aromatic amines is 1. The summed E-state index contributed by atoms with van der Waals surface area (Å²) in [5.74, 6) is 1.50. The Labute approximate surface area is 176 Å². The summed E-state index contributed by atoms with van der Waals surface area (Å²) in [4.78, 5) is 16.0. The van der Waals surface area contributed by atoms with E-state index >= 15 is 0 Å². The molecule has 1 unspecified atom stereocenters. The third-order valence-electron chi connectivity index (χ3n) is 5.08. The fraction of sp³-hybridized carbons (Fsp3) is 0.192. The van der Waals surface area contributed by atoms with Crippen LogP contribution in [0.25, 0.3) is 10.9 Å². The molecule has 152 valence electrons. The fourth-order valence-corrected chi connectivity index (χ4v) is 3.78. The highest BCUT2D eigenvalue weighted by atomic mass is 16.5. The van der Waals surface area contributed by atoms with Crippen molar-refractivity contribution in [1.29, 1.82) is 0 Å². The molecule has 0 fully saturated rings. The second-order valence-corrected chi connectivity index (χ2v) is 7.76. The minimum Gasteiger partial charge on any atom is -0.457 e. The second-order valence-electron chi connectivity index (χ2n) is 7.76. The van der Waals surface area contributed by atoms with Crippen molar-refractivity contribution in [2.24, 2.45) is 0 Å². The molecule has 4 aromatic rings. The van der Waals surface area contributed by atoms with E-state index in [1.165, 1.54) is 0 Å². The van der Waals surface area contributed by atoms with Crippen molar-refractivity contribution >= 4 is 16.8 Å². The Kier molecular flexibility index (Phi) is 5.84. The summed E-state index contributed by atoms with van der Waals surface area (Å²) >= 11 is 0. The lowest BCUT2D eigenvalue weighted by atomic mass is 9.87. The molecule has 0 radical (unpaired) electrons. The van der Waals surface area contributed by atoms with Gasteiger partial charge in [0.1, 0.15) is 11.5 Å². The van der Waals surface area contributed by atoms with Crippen LogP contribution in [0.15, 0.2) is 85.1 Å². The summed E-state index contributed by atoms with van der Waals surface area (Å²) in [7, 11) is 0. The number of fused-ring (bicyclic) bond motifs is 1. The van der Waals surface area contributed by atoms with E-state index in [-0.39, 0.29) is 17.9 Å². The summed E-state index contributed by atoms with van der Waals surface area (Å²) in [6.45, 7) is 3.96. The molecule has 0 saturated carbocycles. The Morgan fingerprint density at radius 3 is 2.47 bits per heavy atom. The maximum Gasteiger partial charge on any atom is 0.221 e. The molecule has 1 aromatic heterocycles. The van der Waals surface area contributed by atoms with E-state index < -0.39 is 0 Å². The van der Waals surface area contributed by atoms with Gasteiger partial charge < -0.3 is 15.0 Å². The smallest absolute Gasteiger partial charge is 0.221 e. The van der Waals surface area contributed by atoms with Gasteiger partial charge in [-0.25, -0.2) is 0 Å². The van der Waals surface area contributed by atoms with Crippen LogP contribution in [-0.4, -0.2) is 16.9 Å². The van der Waals surface area contributed by atoms with Crippen LogP contribution in [0.3, 0.4) is 0 Å². The zero-order valence-electron chi connectivity index (χ0n) is 17.3. The zero-order chi connectivity index (χ0) is 20.9. The molecule has 0 aliphatic carbocycles. The van der Waals surface area contributed by atoms with E-state index in [9.17, 15) is 4.79 Å². The van der Waals surface area contributed by atoms with Crippen LogP contribution in [0.2, 0.25) is 0 Å². The predicted octanol–water partition coefficient (Wildman–Crippen LogP) is 6.01. The van der Waals surface area contributed by atoms with Crippen LogP contribution in [0.5, 0.6) is 11.5 Å².